The predicted octanol–water partition coefficient (Wildman–Crippen LogP) is -3.27. The van der Waals surface area contributed by atoms with Gasteiger partial charge in [0.2, 0.25) is 5.88 Å². The van der Waals surface area contributed by atoms with Crippen LogP contribution < -0.4 is 23.6 Å². The molecule has 0 aliphatic heterocycles. The normalized spacial score (nSPS) is 11.5. The van der Waals surface area contributed by atoms with Crippen LogP contribution in [0.15, 0.2) is 17.4 Å². The average molecular weight is 180 g/mol. The minimum Gasteiger partial charge on any atom is -0.767 e. The van der Waals surface area contributed by atoms with Gasteiger partial charge in [-0.15, -0.1) is 0 Å². The number of nitrogens with zero attached hydrogens (tertiary/aromatic N) is 2. The van der Waals surface area contributed by atoms with Crippen molar-refractivity contribution in [3.8, 4) is 5.88 Å². The third-order valence-corrected chi connectivity index (χ3v) is 1.58. The molecule has 1 heterocycles. The largest absolute Gasteiger partial charge is 1.00 e. The van der Waals surface area contributed by atoms with Crippen LogP contribution in [-0.4, -0.2) is 25.8 Å². The average Bonchev–Trinajstić information content (AvgIpc) is 2.04. The van der Waals surface area contributed by atoms with Crippen molar-refractivity contribution in [2.45, 2.75) is 5.03 Å². The molecule has 1 aromatic rings. The molecule has 0 amide bonds. The van der Waals surface area contributed by atoms with Gasteiger partial charge in [-0.1, -0.05) is 0 Å². The molecule has 1 rings (SSSR count). The Morgan fingerprint density at radius 2 is 2.08 bits per heavy atom. The number of aromatic nitrogens is 2. The van der Waals surface area contributed by atoms with Crippen molar-refractivity contribution in [3.63, 3.8) is 0 Å². The van der Waals surface area contributed by atoms with Crippen LogP contribution in [0.3, 0.4) is 0 Å². The Kier molecular flexibility index (Phi) is 5.09. The van der Waals surface area contributed by atoms with E-state index in [9.17, 15) is 8.76 Å². The maximum atomic E-state index is 10.4. The zero-order valence-electron chi connectivity index (χ0n) is 6.68. The summed E-state index contributed by atoms with van der Waals surface area (Å²) in [6.07, 6.45) is 2.64. The van der Waals surface area contributed by atoms with Crippen LogP contribution in [0.5, 0.6) is 5.88 Å². The van der Waals surface area contributed by atoms with Crippen LogP contribution in [0, 0.1) is 0 Å². The topological polar surface area (TPSA) is 75.1 Å². The van der Waals surface area contributed by atoms with Crippen molar-refractivity contribution in [2.24, 2.45) is 0 Å². The number of rotatable bonds is 2. The number of methoxy groups -OCH3 is 1. The van der Waals surface area contributed by atoms with Crippen molar-refractivity contribution in [2.75, 3.05) is 7.11 Å². The van der Waals surface area contributed by atoms with Crippen molar-refractivity contribution in [1.82, 2.24) is 9.97 Å². The van der Waals surface area contributed by atoms with Gasteiger partial charge in [0.25, 0.3) is 0 Å². The van der Waals surface area contributed by atoms with E-state index in [1.165, 1.54) is 19.5 Å². The van der Waals surface area contributed by atoms with E-state index in [1.54, 1.807) is 0 Å². The maximum absolute atomic E-state index is 10.4. The van der Waals surface area contributed by atoms with Crippen molar-refractivity contribution in [3.05, 3.63) is 12.4 Å². The first-order chi connectivity index (χ1) is 5.25. The van der Waals surface area contributed by atoms with Gasteiger partial charge in [0, 0.05) is 23.5 Å². The van der Waals surface area contributed by atoms with Gasteiger partial charge in [-0.3, -0.25) is 4.21 Å². The van der Waals surface area contributed by atoms with Gasteiger partial charge in [0.1, 0.15) is 0 Å². The van der Waals surface area contributed by atoms with E-state index in [4.69, 9.17) is 0 Å². The van der Waals surface area contributed by atoms with Gasteiger partial charge in [0.05, 0.1) is 7.11 Å². The zero-order valence-corrected chi connectivity index (χ0v) is 7.50. The van der Waals surface area contributed by atoms with E-state index in [-0.39, 0.29) is 29.8 Å². The fourth-order valence-electron chi connectivity index (χ4n) is 0.567. The fraction of sp³-hybridized carbons (Fsp3) is 0.200. The summed E-state index contributed by atoms with van der Waals surface area (Å²) in [4.78, 5) is 7.19. The first kappa shape index (κ1) is 11.6. The van der Waals surface area contributed by atoms with Crippen LogP contribution in [-0.2, 0) is 11.1 Å². The van der Waals surface area contributed by atoms with Gasteiger partial charge in [-0.25, -0.2) is 9.97 Å². The van der Waals surface area contributed by atoms with Crippen molar-refractivity contribution >= 4 is 11.1 Å². The van der Waals surface area contributed by atoms with Crippen LogP contribution in [0.4, 0.5) is 0 Å². The summed E-state index contributed by atoms with van der Waals surface area (Å²) in [7, 11) is 1.33. The molecular formula is C5H5LiN2O3S. The summed E-state index contributed by atoms with van der Waals surface area (Å²) < 4.78 is 25.4. The molecule has 0 aromatic carbocycles. The smallest absolute Gasteiger partial charge is 0.767 e. The molecule has 1 atom stereocenters. The van der Waals surface area contributed by atoms with E-state index < -0.39 is 11.1 Å². The molecule has 0 bridgehead atoms. The monoisotopic (exact) mass is 180 g/mol. The standard InChI is InChI=1S/C5H6N2O3S.Li/c1-10-4-5(11(8)9)7-3-2-6-4;/h2-3H,1H3,(H,8,9);/q;+1/p-1. The summed E-state index contributed by atoms with van der Waals surface area (Å²) in [6, 6.07) is 0. The Hall–Kier alpha value is -0.413. The molecule has 0 saturated heterocycles. The van der Waals surface area contributed by atoms with Crippen LogP contribution in [0.1, 0.15) is 0 Å². The Morgan fingerprint density at radius 3 is 2.50 bits per heavy atom. The number of hydrogen-bond donors (Lipinski definition) is 0. The van der Waals surface area contributed by atoms with Gasteiger partial charge in [-0.2, -0.15) is 0 Å². The summed E-state index contributed by atoms with van der Waals surface area (Å²) in [5.74, 6) is 0.0147. The Balaban J connectivity index is 0.00000121. The Morgan fingerprint density at radius 1 is 1.50 bits per heavy atom. The van der Waals surface area contributed by atoms with Crippen LogP contribution in [0.25, 0.3) is 0 Å². The molecule has 0 aliphatic rings. The second kappa shape index (κ2) is 5.27. The van der Waals surface area contributed by atoms with E-state index in [0.717, 1.165) is 0 Å². The molecule has 1 unspecified atom stereocenters. The zero-order chi connectivity index (χ0) is 8.27. The SMILES string of the molecule is COc1nccnc1S(=O)[O-].[Li+]. The third kappa shape index (κ3) is 2.57. The minimum atomic E-state index is -2.39. The molecule has 0 radical (unpaired) electrons. The molecule has 60 valence electrons. The van der Waals surface area contributed by atoms with Crippen LogP contribution >= 0.6 is 0 Å². The Bertz CT molecular complexity index is 283. The second-order valence-corrected chi connectivity index (χ2v) is 2.46. The molecule has 0 spiro atoms. The maximum Gasteiger partial charge on any atom is 1.00 e. The number of ether oxygens (including phenoxy) is 1. The second-order valence-electron chi connectivity index (χ2n) is 1.61. The summed E-state index contributed by atoms with van der Waals surface area (Å²) in [5.41, 5.74) is 0. The molecule has 1 aromatic heterocycles. The molecule has 7 heteroatoms. The van der Waals surface area contributed by atoms with E-state index in [0.29, 0.717) is 0 Å². The molecular weight excluding hydrogens is 175 g/mol. The summed E-state index contributed by atoms with van der Waals surface area (Å²) in [5, 5.41) is -0.171. The van der Waals surface area contributed by atoms with Crippen molar-refractivity contribution in [1.29, 1.82) is 0 Å². The third-order valence-electron chi connectivity index (χ3n) is 0.984. The van der Waals surface area contributed by atoms with Gasteiger partial charge in [0.15, 0.2) is 5.03 Å². The van der Waals surface area contributed by atoms with E-state index >= 15 is 0 Å². The molecule has 0 saturated carbocycles. The van der Waals surface area contributed by atoms with Crippen molar-refractivity contribution < 1.29 is 32.4 Å². The van der Waals surface area contributed by atoms with Gasteiger partial charge >= 0.3 is 18.9 Å². The van der Waals surface area contributed by atoms with E-state index in [1.807, 2.05) is 0 Å². The molecule has 0 N–H and O–H groups in total. The van der Waals surface area contributed by atoms with Gasteiger partial charge < -0.3 is 9.29 Å². The predicted molar refractivity (Wildman–Crippen MR) is 35.8 cm³/mol. The first-order valence-electron chi connectivity index (χ1n) is 2.70. The van der Waals surface area contributed by atoms with E-state index in [2.05, 4.69) is 14.7 Å². The molecule has 5 nitrogen and oxygen atoms in total. The fourth-order valence-corrected chi connectivity index (χ4v) is 0.992. The summed E-state index contributed by atoms with van der Waals surface area (Å²) >= 11 is -2.39. The minimum absolute atomic E-state index is 0. The molecule has 0 aliphatic carbocycles. The number of hydrogen-bond acceptors (Lipinski definition) is 5. The first-order valence-corrected chi connectivity index (χ1v) is 3.77. The van der Waals surface area contributed by atoms with Gasteiger partial charge in [-0.05, 0) is 0 Å². The quantitative estimate of drug-likeness (QED) is 0.352. The van der Waals surface area contributed by atoms with Crippen LogP contribution in [0.2, 0.25) is 0 Å². The summed E-state index contributed by atoms with van der Waals surface area (Å²) in [6.45, 7) is 0. The molecule has 12 heavy (non-hydrogen) atoms. The molecule has 0 fully saturated rings. The Labute approximate surface area is 84.0 Å².